The van der Waals surface area contributed by atoms with Crippen molar-refractivity contribution in [2.75, 3.05) is 26.3 Å². The number of rotatable bonds is 8. The highest BCUT2D eigenvalue weighted by molar-refractivity contribution is 5.98. The first-order chi connectivity index (χ1) is 13.4. The van der Waals surface area contributed by atoms with Gasteiger partial charge in [-0.15, -0.1) is 0 Å². The zero-order valence-corrected chi connectivity index (χ0v) is 16.3. The predicted molar refractivity (Wildman–Crippen MR) is 101 cm³/mol. The number of esters is 1. The molecule has 0 saturated carbocycles. The second-order valence-electron chi connectivity index (χ2n) is 6.86. The van der Waals surface area contributed by atoms with Gasteiger partial charge in [-0.1, -0.05) is 19.1 Å². The molecule has 150 valence electrons. The molecule has 1 saturated heterocycles. The largest absolute Gasteiger partial charge is 0.464 e. The minimum Gasteiger partial charge on any atom is -0.464 e. The fourth-order valence-electron chi connectivity index (χ4n) is 3.16. The summed E-state index contributed by atoms with van der Waals surface area (Å²) in [4.78, 5) is 38.1. The normalized spacial score (nSPS) is 15.5. The molecule has 2 rings (SSSR count). The standard InChI is InChI=1S/C21H26N2O5/c1-3-27-20(25)14-28-18-8-10-23(11-9-18)21(26)15(2)12-19(24)17-6-4-16(13-22)5-7-17/h4-7,15,18H,3,8-12,14H2,1-2H3/t15-/m1/s1. The Morgan fingerprint density at radius 1 is 1.21 bits per heavy atom. The van der Waals surface area contributed by atoms with Crippen LogP contribution >= 0.6 is 0 Å². The molecule has 0 unspecified atom stereocenters. The van der Waals surface area contributed by atoms with Crippen molar-refractivity contribution in [3.8, 4) is 6.07 Å². The third kappa shape index (κ3) is 6.17. The number of ether oxygens (including phenoxy) is 2. The molecule has 0 spiro atoms. The zero-order valence-electron chi connectivity index (χ0n) is 16.3. The predicted octanol–water partition coefficient (Wildman–Crippen LogP) is 2.34. The van der Waals surface area contributed by atoms with Crippen LogP contribution < -0.4 is 0 Å². The molecule has 1 aliphatic rings. The van der Waals surface area contributed by atoms with Crippen LogP contribution in [-0.4, -0.2) is 55.0 Å². The molecule has 1 heterocycles. The van der Waals surface area contributed by atoms with E-state index in [-0.39, 0.29) is 36.8 Å². The van der Waals surface area contributed by atoms with E-state index in [1.807, 2.05) is 6.07 Å². The van der Waals surface area contributed by atoms with Crippen molar-refractivity contribution in [2.24, 2.45) is 5.92 Å². The molecule has 0 aliphatic carbocycles. The van der Waals surface area contributed by atoms with Crippen LogP contribution in [0.15, 0.2) is 24.3 Å². The van der Waals surface area contributed by atoms with Crippen molar-refractivity contribution in [2.45, 2.75) is 39.2 Å². The van der Waals surface area contributed by atoms with Gasteiger partial charge in [0, 0.05) is 31.0 Å². The van der Waals surface area contributed by atoms with Crippen molar-refractivity contribution < 1.29 is 23.9 Å². The Hall–Kier alpha value is -2.72. The van der Waals surface area contributed by atoms with Crippen molar-refractivity contribution >= 4 is 17.7 Å². The summed E-state index contributed by atoms with van der Waals surface area (Å²) >= 11 is 0. The summed E-state index contributed by atoms with van der Waals surface area (Å²) in [6.45, 7) is 4.85. The smallest absolute Gasteiger partial charge is 0.332 e. The van der Waals surface area contributed by atoms with E-state index in [0.29, 0.717) is 43.7 Å². The Labute approximate surface area is 165 Å². The van der Waals surface area contributed by atoms with Crippen LogP contribution in [0.25, 0.3) is 0 Å². The molecule has 1 atom stereocenters. The number of ketones is 1. The van der Waals surface area contributed by atoms with Crippen LogP contribution in [-0.2, 0) is 19.1 Å². The fourth-order valence-corrected chi connectivity index (χ4v) is 3.16. The maximum Gasteiger partial charge on any atom is 0.332 e. The first-order valence-corrected chi connectivity index (χ1v) is 9.54. The van der Waals surface area contributed by atoms with E-state index in [1.165, 1.54) is 0 Å². The Kier molecular flexibility index (Phi) is 8.15. The molecule has 0 N–H and O–H groups in total. The van der Waals surface area contributed by atoms with E-state index in [9.17, 15) is 14.4 Å². The number of nitriles is 1. The van der Waals surface area contributed by atoms with Crippen LogP contribution in [0.4, 0.5) is 0 Å². The summed E-state index contributed by atoms with van der Waals surface area (Å²) in [5.41, 5.74) is 0.999. The van der Waals surface area contributed by atoms with Gasteiger partial charge < -0.3 is 14.4 Å². The number of carbonyl (C=O) groups excluding carboxylic acids is 3. The van der Waals surface area contributed by atoms with E-state index >= 15 is 0 Å². The number of carbonyl (C=O) groups is 3. The number of Topliss-reactive ketones (excluding diaryl/α,β-unsaturated/α-hetero) is 1. The average molecular weight is 386 g/mol. The van der Waals surface area contributed by atoms with E-state index in [2.05, 4.69) is 0 Å². The molecule has 1 aliphatic heterocycles. The van der Waals surface area contributed by atoms with Crippen molar-refractivity contribution in [3.63, 3.8) is 0 Å². The van der Waals surface area contributed by atoms with Gasteiger partial charge in [-0.3, -0.25) is 9.59 Å². The van der Waals surface area contributed by atoms with Crippen molar-refractivity contribution in [1.82, 2.24) is 4.90 Å². The fraction of sp³-hybridized carbons (Fsp3) is 0.524. The number of benzene rings is 1. The topological polar surface area (TPSA) is 96.7 Å². The number of hydrogen-bond acceptors (Lipinski definition) is 6. The van der Waals surface area contributed by atoms with E-state index in [1.54, 1.807) is 43.0 Å². The van der Waals surface area contributed by atoms with Crippen LogP contribution in [0.2, 0.25) is 0 Å². The highest BCUT2D eigenvalue weighted by Crippen LogP contribution is 2.19. The zero-order chi connectivity index (χ0) is 20.5. The monoisotopic (exact) mass is 386 g/mol. The summed E-state index contributed by atoms with van der Waals surface area (Å²) < 4.78 is 10.4. The molecule has 0 aromatic heterocycles. The van der Waals surface area contributed by atoms with Gasteiger partial charge in [0.15, 0.2) is 5.78 Å². The van der Waals surface area contributed by atoms with Gasteiger partial charge in [0.25, 0.3) is 0 Å². The third-order valence-corrected chi connectivity index (χ3v) is 4.74. The number of amides is 1. The lowest BCUT2D eigenvalue weighted by Gasteiger charge is -2.33. The molecule has 1 aromatic rings. The van der Waals surface area contributed by atoms with Gasteiger partial charge >= 0.3 is 5.97 Å². The summed E-state index contributed by atoms with van der Waals surface area (Å²) in [7, 11) is 0. The number of nitrogens with zero attached hydrogens (tertiary/aromatic N) is 2. The molecule has 1 amide bonds. The molecule has 0 radical (unpaired) electrons. The summed E-state index contributed by atoms with van der Waals surface area (Å²) in [6, 6.07) is 8.44. The third-order valence-electron chi connectivity index (χ3n) is 4.74. The molecule has 7 nitrogen and oxygen atoms in total. The molecular formula is C21H26N2O5. The molecule has 28 heavy (non-hydrogen) atoms. The van der Waals surface area contributed by atoms with E-state index in [0.717, 1.165) is 0 Å². The van der Waals surface area contributed by atoms with Crippen LogP contribution in [0, 0.1) is 17.2 Å². The minimum atomic E-state index is -0.417. The average Bonchev–Trinajstić information content (AvgIpc) is 2.72. The van der Waals surface area contributed by atoms with E-state index < -0.39 is 5.92 Å². The Balaban J connectivity index is 1.78. The second kappa shape index (κ2) is 10.6. The van der Waals surface area contributed by atoms with Crippen LogP contribution in [0.5, 0.6) is 0 Å². The van der Waals surface area contributed by atoms with Gasteiger partial charge in [0.05, 0.1) is 24.3 Å². The van der Waals surface area contributed by atoms with Gasteiger partial charge in [0.2, 0.25) is 5.91 Å². The summed E-state index contributed by atoms with van der Waals surface area (Å²) in [5.74, 6) is -0.958. The lowest BCUT2D eigenvalue weighted by Crippen LogP contribution is -2.43. The van der Waals surface area contributed by atoms with Gasteiger partial charge in [-0.2, -0.15) is 5.26 Å². The second-order valence-corrected chi connectivity index (χ2v) is 6.86. The van der Waals surface area contributed by atoms with Gasteiger partial charge in [0.1, 0.15) is 6.61 Å². The maximum absolute atomic E-state index is 12.6. The molecule has 7 heteroatoms. The van der Waals surface area contributed by atoms with Crippen molar-refractivity contribution in [3.05, 3.63) is 35.4 Å². The Bertz CT molecular complexity index is 730. The molecular weight excluding hydrogens is 360 g/mol. The Morgan fingerprint density at radius 3 is 2.43 bits per heavy atom. The number of hydrogen-bond donors (Lipinski definition) is 0. The highest BCUT2D eigenvalue weighted by Gasteiger charge is 2.28. The van der Waals surface area contributed by atoms with Gasteiger partial charge in [-0.05, 0) is 31.9 Å². The highest BCUT2D eigenvalue weighted by atomic mass is 16.6. The first-order valence-electron chi connectivity index (χ1n) is 9.54. The quantitative estimate of drug-likeness (QED) is 0.502. The maximum atomic E-state index is 12.6. The summed E-state index contributed by atoms with van der Waals surface area (Å²) in [5, 5.41) is 8.82. The number of piperidine rings is 1. The van der Waals surface area contributed by atoms with Crippen molar-refractivity contribution in [1.29, 1.82) is 5.26 Å². The lowest BCUT2D eigenvalue weighted by molar-refractivity contribution is -0.152. The van der Waals surface area contributed by atoms with Crippen LogP contribution in [0.3, 0.4) is 0 Å². The minimum absolute atomic E-state index is 0.0502. The van der Waals surface area contributed by atoms with Crippen LogP contribution in [0.1, 0.15) is 49.0 Å². The Morgan fingerprint density at radius 2 is 1.86 bits per heavy atom. The molecule has 0 bridgehead atoms. The number of likely N-dealkylation sites (tertiary alicyclic amines) is 1. The molecule has 1 fully saturated rings. The molecule has 1 aromatic carbocycles. The summed E-state index contributed by atoms with van der Waals surface area (Å²) in [6.07, 6.45) is 1.37. The lowest BCUT2D eigenvalue weighted by atomic mass is 9.97. The SMILES string of the molecule is CCOC(=O)COC1CCN(C(=O)[C@H](C)CC(=O)c2ccc(C#N)cc2)CC1. The first kappa shape index (κ1) is 21.6. The van der Waals surface area contributed by atoms with Gasteiger partial charge in [-0.25, -0.2) is 4.79 Å². The van der Waals surface area contributed by atoms with E-state index in [4.69, 9.17) is 14.7 Å².